The Morgan fingerprint density at radius 3 is 2.40 bits per heavy atom. The Hall–Kier alpha value is -0.880. The van der Waals surface area contributed by atoms with E-state index in [-0.39, 0.29) is 0 Å². The van der Waals surface area contributed by atoms with Gasteiger partial charge in [0.25, 0.3) is 0 Å². The topological polar surface area (TPSA) is 29.4 Å². The Labute approximate surface area is 59.6 Å². The van der Waals surface area contributed by atoms with Crippen LogP contribution in [0.15, 0.2) is 17.1 Å². The summed E-state index contributed by atoms with van der Waals surface area (Å²) in [6.45, 7) is 0. The van der Waals surface area contributed by atoms with Gasteiger partial charge >= 0.3 is 0 Å². The van der Waals surface area contributed by atoms with E-state index in [4.69, 9.17) is 0 Å². The molecule has 0 aromatic rings. The van der Waals surface area contributed by atoms with E-state index >= 15 is 0 Å². The van der Waals surface area contributed by atoms with Gasteiger partial charge in [-0.25, -0.2) is 9.79 Å². The Morgan fingerprint density at radius 1 is 1.30 bits per heavy atom. The standard InChI is InChI=1S/C8H9NO/c10-5-9-8-6-3-1-2-4-7(6)8/h1-2,6-8H,3-4H2/t6-,7+,8?. The molecule has 0 saturated heterocycles. The molecule has 1 unspecified atom stereocenters. The molecule has 2 aliphatic rings. The van der Waals surface area contributed by atoms with Gasteiger partial charge in [0, 0.05) is 0 Å². The summed E-state index contributed by atoms with van der Waals surface area (Å²) in [6.07, 6.45) is 8.22. The highest BCUT2D eigenvalue weighted by Gasteiger charge is 2.49. The molecule has 2 heteroatoms. The van der Waals surface area contributed by atoms with E-state index in [1.807, 2.05) is 0 Å². The van der Waals surface area contributed by atoms with Crippen molar-refractivity contribution in [2.75, 3.05) is 0 Å². The van der Waals surface area contributed by atoms with E-state index in [9.17, 15) is 4.79 Å². The number of carbonyl (C=O) groups excluding carboxylic acids is 1. The number of rotatable bonds is 1. The van der Waals surface area contributed by atoms with Gasteiger partial charge in [-0.15, -0.1) is 0 Å². The van der Waals surface area contributed by atoms with E-state index in [0.717, 1.165) is 12.8 Å². The van der Waals surface area contributed by atoms with Gasteiger partial charge in [0.2, 0.25) is 6.08 Å². The van der Waals surface area contributed by atoms with Crippen LogP contribution in [0.3, 0.4) is 0 Å². The van der Waals surface area contributed by atoms with Gasteiger partial charge in [-0.05, 0) is 24.7 Å². The summed E-state index contributed by atoms with van der Waals surface area (Å²) in [5.74, 6) is 1.35. The van der Waals surface area contributed by atoms with Gasteiger partial charge in [0.05, 0.1) is 6.04 Å². The molecule has 0 spiro atoms. The van der Waals surface area contributed by atoms with Crippen LogP contribution in [0.25, 0.3) is 0 Å². The van der Waals surface area contributed by atoms with Crippen LogP contribution >= 0.6 is 0 Å². The fourth-order valence-electron chi connectivity index (χ4n) is 1.81. The highest BCUT2D eigenvalue weighted by Crippen LogP contribution is 2.49. The third-order valence-corrected chi connectivity index (χ3v) is 2.47. The second-order valence-corrected chi connectivity index (χ2v) is 2.98. The van der Waals surface area contributed by atoms with Crippen LogP contribution < -0.4 is 0 Å². The van der Waals surface area contributed by atoms with E-state index < -0.39 is 0 Å². The average molecular weight is 135 g/mol. The number of isocyanates is 1. The van der Waals surface area contributed by atoms with E-state index in [0.29, 0.717) is 17.9 Å². The van der Waals surface area contributed by atoms with Crippen LogP contribution in [0.4, 0.5) is 0 Å². The van der Waals surface area contributed by atoms with Crippen LogP contribution in [0, 0.1) is 11.8 Å². The van der Waals surface area contributed by atoms with Crippen molar-refractivity contribution in [2.24, 2.45) is 16.8 Å². The smallest absolute Gasteiger partial charge is 0.211 e. The van der Waals surface area contributed by atoms with Gasteiger partial charge in [-0.2, -0.15) is 0 Å². The molecule has 2 nitrogen and oxygen atoms in total. The first kappa shape index (κ1) is 5.87. The van der Waals surface area contributed by atoms with Crippen LogP contribution in [0.5, 0.6) is 0 Å². The second kappa shape index (κ2) is 2.06. The minimum absolute atomic E-state index is 0.312. The quantitative estimate of drug-likeness (QED) is 0.302. The molecule has 0 aromatic carbocycles. The van der Waals surface area contributed by atoms with Gasteiger partial charge in [0.1, 0.15) is 0 Å². The largest absolute Gasteiger partial charge is 0.235 e. The summed E-state index contributed by atoms with van der Waals surface area (Å²) >= 11 is 0. The molecule has 0 amide bonds. The molecule has 0 N–H and O–H groups in total. The molecule has 0 heterocycles. The maximum atomic E-state index is 9.89. The van der Waals surface area contributed by atoms with Crippen molar-refractivity contribution in [2.45, 2.75) is 18.9 Å². The first-order chi connectivity index (χ1) is 4.93. The fraction of sp³-hybridized carbons (Fsp3) is 0.625. The van der Waals surface area contributed by atoms with Crippen molar-refractivity contribution >= 4 is 6.08 Å². The third kappa shape index (κ3) is 0.729. The first-order valence-corrected chi connectivity index (χ1v) is 3.65. The second-order valence-electron chi connectivity index (χ2n) is 2.98. The zero-order valence-electron chi connectivity index (χ0n) is 5.66. The number of hydrogen-bond acceptors (Lipinski definition) is 2. The van der Waals surface area contributed by atoms with Crippen molar-refractivity contribution in [1.82, 2.24) is 0 Å². The van der Waals surface area contributed by atoms with Crippen molar-refractivity contribution in [3.05, 3.63) is 12.2 Å². The summed E-state index contributed by atoms with van der Waals surface area (Å²) < 4.78 is 0. The molecule has 2 rings (SSSR count). The molecule has 0 aliphatic heterocycles. The minimum Gasteiger partial charge on any atom is -0.211 e. The monoisotopic (exact) mass is 135 g/mol. The lowest BCUT2D eigenvalue weighted by molar-refractivity contribution is 0.561. The third-order valence-electron chi connectivity index (χ3n) is 2.47. The highest BCUT2D eigenvalue weighted by atomic mass is 16.1. The Kier molecular flexibility index (Phi) is 1.21. The lowest BCUT2D eigenvalue weighted by Crippen LogP contribution is -1.83. The number of fused-ring (bicyclic) bond motifs is 1. The molecule has 0 bridgehead atoms. The van der Waals surface area contributed by atoms with E-state index in [1.165, 1.54) is 0 Å². The predicted octanol–water partition coefficient (Wildman–Crippen LogP) is 1.29. The van der Waals surface area contributed by atoms with Gasteiger partial charge in [0.15, 0.2) is 0 Å². The number of allylic oxidation sites excluding steroid dienone is 2. The summed E-state index contributed by atoms with van der Waals surface area (Å²) in [5, 5.41) is 0. The molecule has 2 aliphatic carbocycles. The molecule has 1 fully saturated rings. The van der Waals surface area contributed by atoms with Crippen LogP contribution in [-0.2, 0) is 4.79 Å². The van der Waals surface area contributed by atoms with Crippen LogP contribution in [0.1, 0.15) is 12.8 Å². The molecule has 10 heavy (non-hydrogen) atoms. The summed E-state index contributed by atoms with van der Waals surface area (Å²) in [6, 6.07) is 0.312. The average Bonchev–Trinajstić information content (AvgIpc) is 2.66. The summed E-state index contributed by atoms with van der Waals surface area (Å²) in [4.78, 5) is 13.6. The molecule has 0 radical (unpaired) electrons. The lowest BCUT2D eigenvalue weighted by Gasteiger charge is -1.95. The fourth-order valence-corrected chi connectivity index (χ4v) is 1.81. The Morgan fingerprint density at radius 2 is 1.90 bits per heavy atom. The number of hydrogen-bond donors (Lipinski definition) is 0. The van der Waals surface area contributed by atoms with E-state index in [1.54, 1.807) is 6.08 Å². The zero-order chi connectivity index (χ0) is 6.97. The summed E-state index contributed by atoms with van der Waals surface area (Å²) in [7, 11) is 0. The van der Waals surface area contributed by atoms with Gasteiger partial charge < -0.3 is 0 Å². The van der Waals surface area contributed by atoms with Crippen molar-refractivity contribution in [3.8, 4) is 0 Å². The molecular weight excluding hydrogens is 126 g/mol. The molecule has 1 saturated carbocycles. The minimum atomic E-state index is 0.312. The van der Waals surface area contributed by atoms with Gasteiger partial charge in [-0.3, -0.25) is 0 Å². The number of aliphatic imine (C=N–C) groups is 1. The molecule has 0 aromatic heterocycles. The predicted molar refractivity (Wildman–Crippen MR) is 37.3 cm³/mol. The number of nitrogens with zero attached hydrogens (tertiary/aromatic N) is 1. The van der Waals surface area contributed by atoms with Crippen molar-refractivity contribution < 1.29 is 4.79 Å². The van der Waals surface area contributed by atoms with Crippen LogP contribution in [-0.4, -0.2) is 12.1 Å². The first-order valence-electron chi connectivity index (χ1n) is 3.65. The van der Waals surface area contributed by atoms with Crippen molar-refractivity contribution in [1.29, 1.82) is 0 Å². The maximum absolute atomic E-state index is 9.89. The molecule has 3 atom stereocenters. The maximum Gasteiger partial charge on any atom is 0.235 e. The van der Waals surface area contributed by atoms with E-state index in [2.05, 4.69) is 17.1 Å². The Balaban J connectivity index is 2.04. The SMILES string of the molecule is O=C=NC1[C@H]2CC=CC[C@@H]12. The molecular formula is C8H9NO. The Bertz CT molecular complexity index is 201. The summed E-state index contributed by atoms with van der Waals surface area (Å²) in [5.41, 5.74) is 0. The lowest BCUT2D eigenvalue weighted by atomic mass is 10.1. The normalized spacial score (nSPS) is 41.8. The zero-order valence-corrected chi connectivity index (χ0v) is 5.66. The molecule has 52 valence electrons. The van der Waals surface area contributed by atoms with Gasteiger partial charge in [-0.1, -0.05) is 12.2 Å². The van der Waals surface area contributed by atoms with Crippen LogP contribution in [0.2, 0.25) is 0 Å². The highest BCUT2D eigenvalue weighted by molar-refractivity contribution is 5.36. The van der Waals surface area contributed by atoms with Crippen molar-refractivity contribution in [3.63, 3.8) is 0 Å².